The van der Waals surface area contributed by atoms with Gasteiger partial charge in [0.05, 0.1) is 17.3 Å². The molecule has 3 heterocycles. The fraction of sp³-hybridized carbons (Fsp3) is 0.379. The number of ether oxygens (including phenoxy) is 1. The van der Waals surface area contributed by atoms with E-state index in [1.807, 2.05) is 58.0 Å². The zero-order valence-electron chi connectivity index (χ0n) is 22.4. The van der Waals surface area contributed by atoms with Gasteiger partial charge >= 0.3 is 6.09 Å². The number of anilines is 1. The first-order valence-corrected chi connectivity index (χ1v) is 13.1. The summed E-state index contributed by atoms with van der Waals surface area (Å²) in [7, 11) is 0. The highest BCUT2D eigenvalue weighted by atomic mass is 35.5. The maximum atomic E-state index is 14.8. The lowest BCUT2D eigenvalue weighted by molar-refractivity contribution is 0.0163. The van der Waals surface area contributed by atoms with Gasteiger partial charge in [-0.15, -0.1) is 0 Å². The van der Waals surface area contributed by atoms with Gasteiger partial charge in [0, 0.05) is 30.4 Å². The number of carbonyl (C=O) groups excluding carboxylic acids is 2. The molecular formula is C29H31ClFN5O3. The molecule has 39 heavy (non-hydrogen) atoms. The van der Waals surface area contributed by atoms with Crippen LogP contribution in [-0.4, -0.2) is 50.4 Å². The Hall–Kier alpha value is -3.90. The number of likely N-dealkylation sites (tertiary alicyclic amines) is 1. The molecule has 2 amide bonds. The molecule has 204 valence electrons. The lowest BCUT2D eigenvalue weighted by Gasteiger charge is -2.36. The molecule has 0 saturated carbocycles. The minimum atomic E-state index is -0.715. The third-order valence-electron chi connectivity index (χ3n) is 6.42. The molecule has 4 rings (SSSR count). The Morgan fingerprint density at radius 3 is 2.44 bits per heavy atom. The fourth-order valence-electron chi connectivity index (χ4n) is 4.38. The minimum Gasteiger partial charge on any atom is -0.444 e. The summed E-state index contributed by atoms with van der Waals surface area (Å²) in [6.07, 6.45) is 3.88. The van der Waals surface area contributed by atoms with Crippen LogP contribution in [0.1, 0.15) is 68.2 Å². The van der Waals surface area contributed by atoms with E-state index in [1.54, 1.807) is 9.58 Å². The number of nitrogens with zero attached hydrogens (tertiary/aromatic N) is 4. The number of amides is 2. The lowest BCUT2D eigenvalue weighted by atomic mass is 9.90. The summed E-state index contributed by atoms with van der Waals surface area (Å²) >= 11 is 6.33. The highest BCUT2D eigenvalue weighted by Crippen LogP contribution is 2.31. The number of piperidine rings is 1. The van der Waals surface area contributed by atoms with Gasteiger partial charge in [-0.25, -0.2) is 14.2 Å². The maximum Gasteiger partial charge on any atom is 0.410 e. The van der Waals surface area contributed by atoms with Crippen molar-refractivity contribution in [1.82, 2.24) is 19.7 Å². The van der Waals surface area contributed by atoms with E-state index in [2.05, 4.69) is 27.2 Å². The quantitative estimate of drug-likeness (QED) is 0.406. The van der Waals surface area contributed by atoms with Gasteiger partial charge in [-0.05, 0) is 64.7 Å². The average molecular weight is 552 g/mol. The van der Waals surface area contributed by atoms with E-state index >= 15 is 0 Å². The van der Waals surface area contributed by atoms with Crippen molar-refractivity contribution in [1.29, 1.82) is 0 Å². The van der Waals surface area contributed by atoms with Crippen molar-refractivity contribution in [2.75, 3.05) is 18.4 Å². The number of pyridine rings is 1. The number of carbonyl (C=O) groups is 2. The normalized spacial score (nSPS) is 14.8. The van der Waals surface area contributed by atoms with Crippen LogP contribution < -0.4 is 5.32 Å². The second kappa shape index (κ2) is 11.9. The van der Waals surface area contributed by atoms with Crippen LogP contribution in [0.3, 0.4) is 0 Å². The van der Waals surface area contributed by atoms with Gasteiger partial charge in [0.2, 0.25) is 0 Å². The molecule has 0 aliphatic carbocycles. The zero-order chi connectivity index (χ0) is 28.2. The summed E-state index contributed by atoms with van der Waals surface area (Å²) in [5, 5.41) is 6.99. The van der Waals surface area contributed by atoms with Crippen LogP contribution in [0.2, 0.25) is 5.02 Å². The first-order valence-electron chi connectivity index (χ1n) is 12.8. The molecule has 2 aromatic heterocycles. The molecule has 1 aromatic carbocycles. The van der Waals surface area contributed by atoms with E-state index in [1.165, 1.54) is 18.5 Å². The van der Waals surface area contributed by atoms with E-state index in [4.69, 9.17) is 16.3 Å². The third kappa shape index (κ3) is 7.15. The Balaban J connectivity index is 1.42. The molecule has 1 unspecified atom stereocenters. The van der Waals surface area contributed by atoms with Crippen LogP contribution in [-0.2, 0) is 4.74 Å². The van der Waals surface area contributed by atoms with Gasteiger partial charge in [0.15, 0.2) is 11.6 Å². The first-order chi connectivity index (χ1) is 18.5. The highest BCUT2D eigenvalue weighted by Gasteiger charge is 2.32. The number of hydrogen-bond donors (Lipinski definition) is 1. The van der Waals surface area contributed by atoms with Gasteiger partial charge in [-0.2, -0.15) is 5.10 Å². The molecule has 1 aliphatic heterocycles. The second-order valence-electron chi connectivity index (χ2n) is 10.5. The summed E-state index contributed by atoms with van der Waals surface area (Å²) in [5.41, 5.74) is 0.735. The Morgan fingerprint density at radius 1 is 1.13 bits per heavy atom. The van der Waals surface area contributed by atoms with Gasteiger partial charge in [0.25, 0.3) is 5.91 Å². The first kappa shape index (κ1) is 28.1. The molecule has 3 aromatic rings. The molecule has 1 saturated heterocycles. The lowest BCUT2D eigenvalue weighted by Crippen LogP contribution is -2.43. The van der Waals surface area contributed by atoms with Crippen molar-refractivity contribution in [2.45, 2.75) is 52.2 Å². The smallest absolute Gasteiger partial charge is 0.410 e. The molecular weight excluding hydrogens is 521 g/mol. The van der Waals surface area contributed by atoms with E-state index in [-0.39, 0.29) is 34.6 Å². The number of rotatable bonds is 4. The van der Waals surface area contributed by atoms with Crippen LogP contribution in [0.25, 0.3) is 0 Å². The number of halogens is 2. The Bertz CT molecular complexity index is 1400. The number of benzene rings is 1. The van der Waals surface area contributed by atoms with Crippen LogP contribution in [0.4, 0.5) is 15.0 Å². The average Bonchev–Trinajstić information content (AvgIpc) is 3.29. The van der Waals surface area contributed by atoms with E-state index in [0.29, 0.717) is 31.5 Å². The summed E-state index contributed by atoms with van der Waals surface area (Å²) in [5.74, 6) is 4.39. The Labute approximate surface area is 232 Å². The third-order valence-corrected chi connectivity index (χ3v) is 6.70. The molecule has 1 N–H and O–H groups in total. The summed E-state index contributed by atoms with van der Waals surface area (Å²) < 4.78 is 21.8. The summed E-state index contributed by atoms with van der Waals surface area (Å²) in [6.45, 7) is 8.54. The predicted molar refractivity (Wildman–Crippen MR) is 147 cm³/mol. The molecule has 0 bridgehead atoms. The molecule has 1 fully saturated rings. The van der Waals surface area contributed by atoms with Crippen molar-refractivity contribution in [3.05, 3.63) is 76.5 Å². The monoisotopic (exact) mass is 551 g/mol. The standard InChI is InChI=1S/C29H31ClFN5O3/c1-19(22-12-14-35(15-13-22)28(38)39-29(2,3)4)36-25(23(30)18-33-36)27(37)34-26-24(31)16-21(17-32-26)11-10-20-8-6-5-7-9-20/h5-9,16-19,22H,12-15H2,1-4H3,(H,32,34,37). The molecule has 0 spiro atoms. The Kier molecular flexibility index (Phi) is 8.56. The fourth-order valence-corrected chi connectivity index (χ4v) is 4.60. The summed E-state index contributed by atoms with van der Waals surface area (Å²) in [6, 6.07) is 10.4. The number of aromatic nitrogens is 3. The van der Waals surface area contributed by atoms with Crippen molar-refractivity contribution in [3.63, 3.8) is 0 Å². The van der Waals surface area contributed by atoms with Crippen molar-refractivity contribution < 1.29 is 18.7 Å². The van der Waals surface area contributed by atoms with Crippen LogP contribution in [0, 0.1) is 23.6 Å². The zero-order valence-corrected chi connectivity index (χ0v) is 23.1. The predicted octanol–water partition coefficient (Wildman–Crippen LogP) is 5.93. The van der Waals surface area contributed by atoms with E-state index in [0.717, 1.165) is 5.56 Å². The van der Waals surface area contributed by atoms with Crippen molar-refractivity contribution in [2.24, 2.45) is 5.92 Å². The van der Waals surface area contributed by atoms with Gasteiger partial charge in [0.1, 0.15) is 11.3 Å². The topological polar surface area (TPSA) is 89.4 Å². The van der Waals surface area contributed by atoms with Crippen LogP contribution in [0.15, 0.2) is 48.8 Å². The largest absolute Gasteiger partial charge is 0.444 e. The van der Waals surface area contributed by atoms with E-state index < -0.39 is 17.3 Å². The Morgan fingerprint density at radius 2 is 1.79 bits per heavy atom. The molecule has 10 heteroatoms. The highest BCUT2D eigenvalue weighted by molar-refractivity contribution is 6.34. The summed E-state index contributed by atoms with van der Waals surface area (Å²) in [4.78, 5) is 31.3. The number of nitrogens with one attached hydrogen (secondary N) is 1. The van der Waals surface area contributed by atoms with Crippen LogP contribution in [0.5, 0.6) is 0 Å². The van der Waals surface area contributed by atoms with Crippen molar-refractivity contribution >= 4 is 29.4 Å². The SMILES string of the molecule is CC(C1CCN(C(=O)OC(C)(C)C)CC1)n1ncc(Cl)c1C(=O)Nc1ncc(C#Cc2ccccc2)cc1F. The van der Waals surface area contributed by atoms with Gasteiger partial charge in [-0.1, -0.05) is 41.6 Å². The van der Waals surface area contributed by atoms with E-state index in [9.17, 15) is 14.0 Å². The molecule has 1 atom stereocenters. The van der Waals surface area contributed by atoms with Gasteiger partial charge < -0.3 is 15.0 Å². The molecule has 8 nitrogen and oxygen atoms in total. The maximum absolute atomic E-state index is 14.8. The second-order valence-corrected chi connectivity index (χ2v) is 10.9. The van der Waals surface area contributed by atoms with Gasteiger partial charge in [-0.3, -0.25) is 9.48 Å². The molecule has 0 radical (unpaired) electrons. The number of hydrogen-bond acceptors (Lipinski definition) is 5. The minimum absolute atomic E-state index is 0.118. The molecule has 1 aliphatic rings. The van der Waals surface area contributed by atoms with Crippen molar-refractivity contribution in [3.8, 4) is 11.8 Å². The van der Waals surface area contributed by atoms with Crippen LogP contribution >= 0.6 is 11.6 Å².